The number of imide groups is 2. The number of rotatable bonds is 5. The molecule has 4 amide bonds. The predicted molar refractivity (Wildman–Crippen MR) is 66.6 cm³/mol. The molecule has 6 heteroatoms. The lowest BCUT2D eigenvalue weighted by atomic mass is 10.0. The predicted octanol–water partition coefficient (Wildman–Crippen LogP) is 1.23. The fourth-order valence-electron chi connectivity index (χ4n) is 1.91. The number of thioether (sulfide) groups is 1. The second kappa shape index (κ2) is 6.05. The summed E-state index contributed by atoms with van der Waals surface area (Å²) in [7, 11) is 0. The van der Waals surface area contributed by atoms with E-state index in [1.807, 2.05) is 13.2 Å². The summed E-state index contributed by atoms with van der Waals surface area (Å²) in [5.41, 5.74) is 0. The quantitative estimate of drug-likeness (QED) is 0.753. The minimum atomic E-state index is -0.719. The molecule has 1 saturated heterocycles. The summed E-state index contributed by atoms with van der Waals surface area (Å²) < 4.78 is 0. The van der Waals surface area contributed by atoms with Crippen LogP contribution in [0.25, 0.3) is 0 Å². The summed E-state index contributed by atoms with van der Waals surface area (Å²) in [6, 6.07) is -0.717. The summed E-state index contributed by atoms with van der Waals surface area (Å²) in [5, 5.41) is 2.25. The molecule has 1 fully saturated rings. The molecule has 0 spiro atoms. The fraction of sp³-hybridized carbons (Fsp3) is 0.727. The molecular formula is C11H18N2O3S. The maximum absolute atomic E-state index is 12.1. The molecule has 1 aliphatic rings. The van der Waals surface area contributed by atoms with E-state index in [-0.39, 0.29) is 11.9 Å². The molecule has 0 aromatic heterocycles. The van der Waals surface area contributed by atoms with Crippen molar-refractivity contribution in [2.45, 2.75) is 32.7 Å². The maximum atomic E-state index is 12.1. The van der Waals surface area contributed by atoms with Gasteiger partial charge in [0, 0.05) is 5.75 Å². The number of urea groups is 1. The van der Waals surface area contributed by atoms with Crippen molar-refractivity contribution >= 4 is 29.6 Å². The Hall–Kier alpha value is -1.04. The minimum Gasteiger partial charge on any atom is -0.277 e. The smallest absolute Gasteiger partial charge is 0.277 e. The highest BCUT2D eigenvalue weighted by atomic mass is 32.2. The number of nitrogens with zero attached hydrogens (tertiary/aromatic N) is 1. The first-order chi connectivity index (χ1) is 8.06. The summed E-state index contributed by atoms with van der Waals surface area (Å²) in [6.45, 7) is 3.70. The normalized spacial score (nSPS) is 22.6. The van der Waals surface area contributed by atoms with Gasteiger partial charge < -0.3 is 0 Å². The van der Waals surface area contributed by atoms with Crippen LogP contribution in [0.2, 0.25) is 0 Å². The van der Waals surface area contributed by atoms with Crippen molar-refractivity contribution in [1.29, 1.82) is 0 Å². The first kappa shape index (κ1) is 14.0. The van der Waals surface area contributed by atoms with E-state index in [9.17, 15) is 14.4 Å². The highest BCUT2D eigenvalue weighted by Crippen LogP contribution is 2.19. The largest absolute Gasteiger partial charge is 0.331 e. The third kappa shape index (κ3) is 2.80. The Bertz CT molecular complexity index is 333. The zero-order chi connectivity index (χ0) is 13.0. The van der Waals surface area contributed by atoms with Gasteiger partial charge in [0.15, 0.2) is 0 Å². The van der Waals surface area contributed by atoms with E-state index in [1.165, 1.54) is 4.90 Å². The standard InChI is InChI=1S/C11H18N2O3S/c1-4-7(6-17-3)13-10(15)8(5-2)9(14)12-11(13)16/h7-8H,4-6H2,1-3H3,(H,12,14,16). The zero-order valence-corrected chi connectivity index (χ0v) is 11.2. The molecule has 0 radical (unpaired) electrons. The Balaban J connectivity index is 2.92. The van der Waals surface area contributed by atoms with E-state index in [0.29, 0.717) is 18.6 Å². The van der Waals surface area contributed by atoms with Gasteiger partial charge in [-0.05, 0) is 19.1 Å². The van der Waals surface area contributed by atoms with Crippen molar-refractivity contribution in [1.82, 2.24) is 10.2 Å². The van der Waals surface area contributed by atoms with Crippen molar-refractivity contribution in [2.75, 3.05) is 12.0 Å². The van der Waals surface area contributed by atoms with Crippen molar-refractivity contribution in [3.05, 3.63) is 0 Å². The van der Waals surface area contributed by atoms with E-state index < -0.39 is 17.9 Å². The monoisotopic (exact) mass is 258 g/mol. The molecule has 1 heterocycles. The van der Waals surface area contributed by atoms with Crippen LogP contribution in [-0.4, -0.2) is 40.8 Å². The SMILES string of the molecule is CCC1C(=O)NC(=O)N(C(CC)CSC)C1=O. The van der Waals surface area contributed by atoms with Gasteiger partial charge in [-0.15, -0.1) is 0 Å². The van der Waals surface area contributed by atoms with E-state index in [1.54, 1.807) is 18.7 Å². The molecule has 0 saturated carbocycles. The highest BCUT2D eigenvalue weighted by Gasteiger charge is 2.41. The van der Waals surface area contributed by atoms with Crippen LogP contribution in [0, 0.1) is 5.92 Å². The maximum Gasteiger partial charge on any atom is 0.331 e. The van der Waals surface area contributed by atoms with Gasteiger partial charge in [-0.25, -0.2) is 4.79 Å². The first-order valence-corrected chi connectivity index (χ1v) is 7.12. The highest BCUT2D eigenvalue weighted by molar-refractivity contribution is 7.98. The van der Waals surface area contributed by atoms with E-state index in [4.69, 9.17) is 0 Å². The number of carbonyl (C=O) groups is 3. The molecular weight excluding hydrogens is 240 g/mol. The molecule has 1 rings (SSSR count). The number of barbiturate groups is 1. The Morgan fingerprint density at radius 1 is 1.35 bits per heavy atom. The molecule has 0 bridgehead atoms. The van der Waals surface area contributed by atoms with Crippen molar-refractivity contribution in [3.63, 3.8) is 0 Å². The average Bonchev–Trinajstić information content (AvgIpc) is 2.27. The fourth-order valence-corrected chi connectivity index (χ4v) is 2.68. The number of carbonyl (C=O) groups excluding carboxylic acids is 3. The van der Waals surface area contributed by atoms with Crippen molar-refractivity contribution in [3.8, 4) is 0 Å². The number of hydrogen-bond donors (Lipinski definition) is 1. The van der Waals surface area contributed by atoms with Crippen LogP contribution in [0.5, 0.6) is 0 Å². The average molecular weight is 258 g/mol. The molecule has 1 aliphatic heterocycles. The van der Waals surface area contributed by atoms with Gasteiger partial charge in [0.1, 0.15) is 5.92 Å². The van der Waals surface area contributed by atoms with Crippen LogP contribution in [0.15, 0.2) is 0 Å². The first-order valence-electron chi connectivity index (χ1n) is 5.73. The lowest BCUT2D eigenvalue weighted by Gasteiger charge is -2.34. The van der Waals surface area contributed by atoms with Crippen LogP contribution in [0.1, 0.15) is 26.7 Å². The Kier molecular flexibility index (Phi) is 4.99. The number of nitrogens with one attached hydrogen (secondary N) is 1. The third-order valence-electron chi connectivity index (χ3n) is 2.90. The van der Waals surface area contributed by atoms with Crippen LogP contribution in [0.3, 0.4) is 0 Å². The van der Waals surface area contributed by atoms with Crippen LogP contribution in [0.4, 0.5) is 4.79 Å². The molecule has 2 atom stereocenters. The van der Waals surface area contributed by atoms with Crippen molar-refractivity contribution in [2.24, 2.45) is 5.92 Å². The van der Waals surface area contributed by atoms with Gasteiger partial charge in [0.2, 0.25) is 11.8 Å². The molecule has 1 N–H and O–H groups in total. The molecule has 0 aromatic rings. The lowest BCUT2D eigenvalue weighted by molar-refractivity contribution is -0.143. The lowest BCUT2D eigenvalue weighted by Crippen LogP contribution is -2.61. The van der Waals surface area contributed by atoms with Gasteiger partial charge in [0.05, 0.1) is 6.04 Å². The topological polar surface area (TPSA) is 66.5 Å². The summed E-state index contributed by atoms with van der Waals surface area (Å²) in [4.78, 5) is 36.5. The molecule has 0 aliphatic carbocycles. The third-order valence-corrected chi connectivity index (χ3v) is 3.62. The van der Waals surface area contributed by atoms with Gasteiger partial charge in [0.25, 0.3) is 0 Å². The van der Waals surface area contributed by atoms with Gasteiger partial charge in [-0.1, -0.05) is 13.8 Å². The summed E-state index contributed by atoms with van der Waals surface area (Å²) in [5.74, 6) is -0.858. The molecule has 96 valence electrons. The zero-order valence-electron chi connectivity index (χ0n) is 10.4. The van der Waals surface area contributed by atoms with Crippen molar-refractivity contribution < 1.29 is 14.4 Å². The van der Waals surface area contributed by atoms with Crippen LogP contribution < -0.4 is 5.32 Å². The molecule has 5 nitrogen and oxygen atoms in total. The van der Waals surface area contributed by atoms with E-state index in [2.05, 4.69) is 5.32 Å². The van der Waals surface area contributed by atoms with Crippen LogP contribution in [-0.2, 0) is 9.59 Å². The van der Waals surface area contributed by atoms with Crippen LogP contribution >= 0.6 is 11.8 Å². The number of hydrogen-bond acceptors (Lipinski definition) is 4. The Morgan fingerprint density at radius 3 is 2.47 bits per heavy atom. The second-order valence-electron chi connectivity index (χ2n) is 3.98. The minimum absolute atomic E-state index is 0.139. The molecule has 2 unspecified atom stereocenters. The second-order valence-corrected chi connectivity index (χ2v) is 4.89. The summed E-state index contributed by atoms with van der Waals surface area (Å²) in [6.07, 6.45) is 3.05. The Labute approximate surface area is 105 Å². The number of amides is 4. The molecule has 17 heavy (non-hydrogen) atoms. The van der Waals surface area contributed by atoms with Gasteiger partial charge >= 0.3 is 6.03 Å². The summed E-state index contributed by atoms with van der Waals surface area (Å²) >= 11 is 1.58. The van der Waals surface area contributed by atoms with Gasteiger partial charge in [-0.3, -0.25) is 19.8 Å². The molecule has 0 aromatic carbocycles. The van der Waals surface area contributed by atoms with E-state index in [0.717, 1.165) is 0 Å². The van der Waals surface area contributed by atoms with Gasteiger partial charge in [-0.2, -0.15) is 11.8 Å². The van der Waals surface area contributed by atoms with E-state index >= 15 is 0 Å². The Morgan fingerprint density at radius 2 is 2.00 bits per heavy atom.